The number of nitrogens with one attached hydrogen (secondary N) is 3. The van der Waals surface area contributed by atoms with Gasteiger partial charge in [0.2, 0.25) is 5.91 Å². The summed E-state index contributed by atoms with van der Waals surface area (Å²) in [5, 5.41) is 49.5. The number of likely N-dealkylation sites (N-methyl/N-ethyl adjacent to an activating group) is 2. The van der Waals surface area contributed by atoms with Crippen LogP contribution in [0.5, 0.6) is 34.5 Å². The first-order valence-corrected chi connectivity index (χ1v) is 30.1. The molecule has 460 valence electrons. The normalized spacial score (nSPS) is 16.2. The highest BCUT2D eigenvalue weighted by atomic mass is 16.5. The minimum atomic E-state index is -0.866. The number of hydrogen-bond acceptors (Lipinski definition) is 17. The van der Waals surface area contributed by atoms with Crippen molar-refractivity contribution < 1.29 is 33.6 Å². The van der Waals surface area contributed by atoms with Gasteiger partial charge in [-0.15, -0.1) is 0 Å². The highest BCUT2D eigenvalue weighted by Crippen LogP contribution is 2.39. The zero-order valence-electron chi connectivity index (χ0n) is 51.2. The first-order valence-electron chi connectivity index (χ1n) is 30.1. The summed E-state index contributed by atoms with van der Waals surface area (Å²) >= 11 is 0. The lowest BCUT2D eigenvalue weighted by atomic mass is 10.1. The van der Waals surface area contributed by atoms with Crippen molar-refractivity contribution in [3.05, 3.63) is 167 Å². The molecule has 2 saturated heterocycles. The van der Waals surface area contributed by atoms with Gasteiger partial charge in [-0.1, -0.05) is 48.6 Å². The van der Waals surface area contributed by atoms with Gasteiger partial charge in [0.1, 0.15) is 57.4 Å². The smallest absolute Gasteiger partial charge is 0.328 e. The SMILES string of the molecule is CN(C/C=C/C(=O)O)C1CC1.COc1ccc(Cn2nc(N[C@@H]3CCN(C(=O)/C=C/CN(C)C4CC4)C3)c3c(Oc4ccc(C)cc4C#N)ccnc32)cc1.COc1ccc(Cn2nc(N[C@@H]3CCNC3)c3c(Oc4ccc(C)cc4C#N)ccnc32)cc1. The second-order valence-electron chi connectivity index (χ2n) is 22.9. The number of carbonyl (C=O) groups excluding carboxylic acids is 1. The molecular weight excluding hydrogens is 1120 g/mol. The minimum Gasteiger partial charge on any atom is -0.497 e. The van der Waals surface area contributed by atoms with Crippen molar-refractivity contribution in [2.24, 2.45) is 0 Å². The fourth-order valence-corrected chi connectivity index (χ4v) is 10.7. The van der Waals surface area contributed by atoms with Crippen LogP contribution in [0.4, 0.5) is 11.6 Å². The second-order valence-corrected chi connectivity index (χ2v) is 22.9. The Balaban J connectivity index is 0.000000171. The third-order valence-electron chi connectivity index (χ3n) is 16.0. The van der Waals surface area contributed by atoms with E-state index in [4.69, 9.17) is 34.3 Å². The number of hydrogen-bond donors (Lipinski definition) is 4. The Morgan fingerprint density at radius 3 is 1.57 bits per heavy atom. The van der Waals surface area contributed by atoms with E-state index in [9.17, 15) is 20.1 Å². The van der Waals surface area contributed by atoms with Gasteiger partial charge in [0.15, 0.2) is 22.9 Å². The molecule has 0 unspecified atom stereocenters. The van der Waals surface area contributed by atoms with Crippen molar-refractivity contribution in [2.45, 2.75) is 89.6 Å². The molecule has 8 aromatic rings. The Labute approximate surface area is 518 Å². The van der Waals surface area contributed by atoms with Crippen LogP contribution in [0.25, 0.3) is 22.1 Å². The van der Waals surface area contributed by atoms with Crippen molar-refractivity contribution in [2.75, 3.05) is 78.2 Å². The standard InChI is InChI=1S/C34H37N7O3.C26H26N6O2.C8H13NO2/c1-23-6-13-29(25(19-23)20-35)44-30-14-16-36-34-32(30)33(38-41(34)21-24-7-11-28(43-3)12-8-24)37-26-15-18-40(22-26)31(42)5-4-17-39(2)27-9-10-27;1-17-3-8-22(19(13-17)14-27)34-23-10-12-29-26-24(23)25(30-20-9-11-28-15-20)31-32(26)16-18-4-6-21(33-2)7-5-18;1-9(7-4-5-7)6-2-3-8(10)11/h4-8,11-14,16,19,26-27H,9-10,15,17-18,21-22H2,1-3H3,(H,37,38);3-8,10,12-13,20,28H,9,11,15-16H2,1-2H3,(H,30,31);2-3,7H,4-6H2,1H3,(H,10,11)/b5-4+;;3-2+/t26-;20-;/m11./s1. The molecule has 89 heavy (non-hydrogen) atoms. The van der Waals surface area contributed by atoms with Crippen LogP contribution in [0, 0.1) is 36.5 Å². The molecule has 21 heteroatoms. The number of nitriles is 2. The number of pyridine rings is 2. The highest BCUT2D eigenvalue weighted by molar-refractivity contribution is 5.95. The van der Waals surface area contributed by atoms with Crippen LogP contribution >= 0.6 is 0 Å². The molecule has 4 fully saturated rings. The fraction of sp³-hybridized carbons (Fsp3) is 0.353. The van der Waals surface area contributed by atoms with E-state index in [-0.39, 0.29) is 18.0 Å². The number of aliphatic carboxylic acids is 1. The zero-order chi connectivity index (χ0) is 62.4. The maximum atomic E-state index is 12.9. The Bertz CT molecular complexity index is 3910. The lowest BCUT2D eigenvalue weighted by Gasteiger charge is -2.16. The molecule has 6 heterocycles. The molecule has 12 rings (SSSR count). The molecule has 21 nitrogen and oxygen atoms in total. The van der Waals surface area contributed by atoms with Crippen LogP contribution < -0.4 is 34.9 Å². The van der Waals surface area contributed by atoms with Crippen molar-refractivity contribution in [3.63, 3.8) is 0 Å². The molecule has 4 N–H and O–H groups in total. The van der Waals surface area contributed by atoms with Crippen LogP contribution in [-0.4, -0.2) is 153 Å². The van der Waals surface area contributed by atoms with Gasteiger partial charge in [-0.05, 0) is 144 Å². The number of carbonyl (C=O) groups is 2. The summed E-state index contributed by atoms with van der Waals surface area (Å²) in [7, 11) is 7.42. The topological polar surface area (TPSA) is 246 Å². The van der Waals surface area contributed by atoms with Gasteiger partial charge in [-0.2, -0.15) is 20.7 Å². The Morgan fingerprint density at radius 2 is 1.13 bits per heavy atom. The molecule has 4 aromatic carbocycles. The number of likely N-dealkylation sites (tertiary alicyclic amines) is 1. The number of anilines is 2. The van der Waals surface area contributed by atoms with E-state index >= 15 is 0 Å². The molecule has 4 aliphatic rings. The molecule has 4 aromatic heterocycles. The first kappa shape index (κ1) is 62.3. The van der Waals surface area contributed by atoms with Crippen LogP contribution in [0.1, 0.15) is 71.9 Å². The molecule has 2 aliphatic heterocycles. The van der Waals surface area contributed by atoms with Gasteiger partial charge in [-0.3, -0.25) is 14.6 Å². The molecule has 2 saturated carbocycles. The number of aryl methyl sites for hydroxylation is 2. The van der Waals surface area contributed by atoms with E-state index in [1.807, 2.05) is 132 Å². The largest absolute Gasteiger partial charge is 0.497 e. The average Bonchev–Trinajstić information content (AvgIpc) is 1.73. The van der Waals surface area contributed by atoms with Gasteiger partial charge in [0.25, 0.3) is 0 Å². The van der Waals surface area contributed by atoms with Crippen molar-refractivity contribution >= 4 is 45.6 Å². The predicted molar refractivity (Wildman–Crippen MR) is 342 cm³/mol. The Kier molecular flexibility index (Phi) is 20.5. The van der Waals surface area contributed by atoms with Crippen LogP contribution in [0.15, 0.2) is 134 Å². The summed E-state index contributed by atoms with van der Waals surface area (Å²) < 4.78 is 27.0. The number of carboxylic acid groups (broad SMARTS) is 1. The average molecular weight is 1200 g/mol. The van der Waals surface area contributed by atoms with Gasteiger partial charge in [-0.25, -0.2) is 24.1 Å². The number of methoxy groups -OCH3 is 2. The molecular formula is C68H76N14O7. The number of benzene rings is 4. The number of amides is 1. The van der Waals surface area contributed by atoms with Crippen LogP contribution in [0.3, 0.4) is 0 Å². The van der Waals surface area contributed by atoms with Crippen molar-refractivity contribution in [3.8, 4) is 46.6 Å². The second kappa shape index (κ2) is 29.3. The predicted octanol–water partition coefficient (Wildman–Crippen LogP) is 10.1. The molecule has 0 radical (unpaired) electrons. The van der Waals surface area contributed by atoms with Crippen LogP contribution in [0.2, 0.25) is 0 Å². The Morgan fingerprint density at radius 1 is 0.652 bits per heavy atom. The van der Waals surface area contributed by atoms with Crippen molar-refractivity contribution in [1.82, 2.24) is 49.5 Å². The van der Waals surface area contributed by atoms with Crippen molar-refractivity contribution in [1.29, 1.82) is 10.5 Å². The molecule has 0 bridgehead atoms. The third-order valence-corrected chi connectivity index (χ3v) is 16.0. The van der Waals surface area contributed by atoms with Gasteiger partial charge >= 0.3 is 5.97 Å². The number of ether oxygens (including phenoxy) is 4. The molecule has 1 amide bonds. The van der Waals surface area contributed by atoms with Gasteiger partial charge < -0.3 is 44.9 Å². The first-order chi connectivity index (χ1) is 43.2. The quantitative estimate of drug-likeness (QED) is 0.0461. The zero-order valence-corrected chi connectivity index (χ0v) is 51.2. The number of fused-ring (bicyclic) bond motifs is 2. The highest BCUT2D eigenvalue weighted by Gasteiger charge is 2.30. The molecule has 0 spiro atoms. The summed E-state index contributed by atoms with van der Waals surface area (Å²) in [5.74, 6) is 4.25. The summed E-state index contributed by atoms with van der Waals surface area (Å²) in [6.45, 7) is 9.55. The number of nitrogens with zero attached hydrogens (tertiary/aromatic N) is 11. The fourth-order valence-electron chi connectivity index (χ4n) is 10.7. The van der Waals surface area contributed by atoms with Gasteiger partial charge in [0.05, 0.1) is 38.4 Å². The summed E-state index contributed by atoms with van der Waals surface area (Å²) in [4.78, 5) is 38.6. The van der Waals surface area contributed by atoms with E-state index in [0.717, 1.165) is 89.4 Å². The lowest BCUT2D eigenvalue weighted by Crippen LogP contribution is -2.30. The maximum absolute atomic E-state index is 12.9. The number of rotatable bonds is 22. The lowest BCUT2D eigenvalue weighted by molar-refractivity contribution is -0.131. The van der Waals surface area contributed by atoms with E-state index in [1.54, 1.807) is 44.8 Å². The van der Waals surface area contributed by atoms with E-state index in [2.05, 4.69) is 54.9 Å². The summed E-state index contributed by atoms with van der Waals surface area (Å²) in [6, 6.07) is 36.6. The minimum absolute atomic E-state index is 0.0103. The van der Waals surface area contributed by atoms with Crippen LogP contribution in [-0.2, 0) is 22.7 Å². The number of carboxylic acids is 1. The van der Waals surface area contributed by atoms with Gasteiger partial charge in [0, 0.05) is 93.6 Å². The third kappa shape index (κ3) is 16.4. The van der Waals surface area contributed by atoms with E-state index in [1.165, 1.54) is 31.8 Å². The number of aromatic nitrogens is 6. The molecule has 2 aliphatic carbocycles. The van der Waals surface area contributed by atoms with E-state index < -0.39 is 5.97 Å². The summed E-state index contributed by atoms with van der Waals surface area (Å²) in [6.07, 6.45) is 16.8. The maximum Gasteiger partial charge on any atom is 0.328 e. The molecule has 2 atom stereocenters. The van der Waals surface area contributed by atoms with E-state index in [0.29, 0.717) is 89.5 Å². The summed E-state index contributed by atoms with van der Waals surface area (Å²) in [5.41, 5.74) is 6.42. The Hall–Kier alpha value is -9.80. The monoisotopic (exact) mass is 1200 g/mol.